The molecule has 0 N–H and O–H groups in total. The quantitative estimate of drug-likeness (QED) is 0.611. The summed E-state index contributed by atoms with van der Waals surface area (Å²) >= 11 is 0. The van der Waals surface area contributed by atoms with Crippen LogP contribution < -0.4 is 4.74 Å². The smallest absolute Gasteiger partial charge is 0.205 e. The average molecular weight is 258 g/mol. The van der Waals surface area contributed by atoms with Crippen molar-refractivity contribution in [3.05, 3.63) is 53.5 Å². The minimum atomic E-state index is -0.335. The fraction of sp³-hybridized carbons (Fsp3) is 0.200. The predicted octanol–water partition coefficient (Wildman–Crippen LogP) is 3.05. The maximum Gasteiger partial charge on any atom is 0.205 e. The normalized spacial score (nSPS) is 10.2. The van der Waals surface area contributed by atoms with Crippen molar-refractivity contribution in [2.24, 2.45) is 0 Å². The lowest BCUT2D eigenvalue weighted by Crippen LogP contribution is -2.09. The maximum absolute atomic E-state index is 12.1. The van der Waals surface area contributed by atoms with E-state index < -0.39 is 0 Å². The van der Waals surface area contributed by atoms with Gasteiger partial charge in [0.2, 0.25) is 5.78 Å². The summed E-state index contributed by atoms with van der Waals surface area (Å²) in [6.45, 7) is 1.88. The van der Waals surface area contributed by atoms with Crippen molar-refractivity contribution in [2.75, 3.05) is 7.11 Å². The van der Waals surface area contributed by atoms with Crippen LogP contribution in [0.3, 0.4) is 0 Å². The number of carbonyl (C=O) groups is 2. The molecule has 19 heavy (non-hydrogen) atoms. The molecule has 0 aliphatic heterocycles. The number of hydrogen-bond donors (Lipinski definition) is 0. The summed E-state index contributed by atoms with van der Waals surface area (Å²) in [6, 6.07) is 8.45. The highest BCUT2D eigenvalue weighted by Gasteiger charge is 2.18. The third kappa shape index (κ3) is 2.91. The molecule has 0 saturated carbocycles. The first-order valence-electron chi connectivity index (χ1n) is 5.86. The van der Waals surface area contributed by atoms with Crippen molar-refractivity contribution in [1.29, 1.82) is 0 Å². The number of Topliss-reactive ketones (excluding diaryl/α,β-unsaturated/α-hetero) is 2. The molecule has 0 saturated heterocycles. The van der Waals surface area contributed by atoms with Crippen LogP contribution in [0.5, 0.6) is 5.75 Å². The molecular weight excluding hydrogens is 244 g/mol. The van der Waals surface area contributed by atoms with Gasteiger partial charge in [0.25, 0.3) is 0 Å². The summed E-state index contributed by atoms with van der Waals surface area (Å²) in [5.74, 6) is 0.0586. The van der Waals surface area contributed by atoms with E-state index in [1.165, 1.54) is 13.4 Å². The Bertz CT molecular complexity index is 597. The summed E-state index contributed by atoms with van der Waals surface area (Å²) in [7, 11) is 1.50. The molecule has 0 aliphatic rings. The fourth-order valence-electron chi connectivity index (χ4n) is 1.81. The first-order chi connectivity index (χ1) is 9.11. The number of ketones is 2. The number of benzene rings is 1. The van der Waals surface area contributed by atoms with Gasteiger partial charge in [0.1, 0.15) is 5.75 Å². The van der Waals surface area contributed by atoms with Crippen LogP contribution in [-0.2, 0) is 0 Å². The van der Waals surface area contributed by atoms with Gasteiger partial charge in [-0.05, 0) is 31.2 Å². The van der Waals surface area contributed by atoms with Gasteiger partial charge in [0.15, 0.2) is 11.5 Å². The molecule has 2 aromatic rings. The predicted molar refractivity (Wildman–Crippen MR) is 69.7 cm³/mol. The zero-order valence-electron chi connectivity index (χ0n) is 10.8. The van der Waals surface area contributed by atoms with Gasteiger partial charge < -0.3 is 9.15 Å². The molecule has 0 radical (unpaired) electrons. The van der Waals surface area contributed by atoms with Crippen molar-refractivity contribution >= 4 is 11.6 Å². The maximum atomic E-state index is 12.1. The number of methoxy groups -OCH3 is 1. The minimum absolute atomic E-state index is 0.194. The van der Waals surface area contributed by atoms with Crippen LogP contribution in [0.4, 0.5) is 0 Å². The highest BCUT2D eigenvalue weighted by Crippen LogP contribution is 2.22. The van der Waals surface area contributed by atoms with Gasteiger partial charge in [-0.3, -0.25) is 9.59 Å². The molecule has 1 heterocycles. The van der Waals surface area contributed by atoms with E-state index in [4.69, 9.17) is 9.15 Å². The van der Waals surface area contributed by atoms with Gasteiger partial charge in [-0.2, -0.15) is 0 Å². The highest BCUT2D eigenvalue weighted by atomic mass is 16.5. The highest BCUT2D eigenvalue weighted by molar-refractivity contribution is 6.13. The van der Waals surface area contributed by atoms with Gasteiger partial charge >= 0.3 is 0 Å². The Labute approximate surface area is 111 Å². The van der Waals surface area contributed by atoms with E-state index in [1.807, 2.05) is 13.0 Å². The van der Waals surface area contributed by atoms with Gasteiger partial charge in [-0.15, -0.1) is 0 Å². The lowest BCUT2D eigenvalue weighted by atomic mass is 10.0. The molecule has 98 valence electrons. The first-order valence-corrected chi connectivity index (χ1v) is 5.86. The van der Waals surface area contributed by atoms with Crippen LogP contribution >= 0.6 is 0 Å². The summed E-state index contributed by atoms with van der Waals surface area (Å²) in [5, 5.41) is 0. The minimum Gasteiger partial charge on any atom is -0.496 e. The molecule has 0 spiro atoms. The second kappa shape index (κ2) is 5.52. The Morgan fingerprint density at radius 3 is 2.63 bits per heavy atom. The van der Waals surface area contributed by atoms with Crippen LogP contribution in [0.2, 0.25) is 0 Å². The molecule has 4 heteroatoms. The molecule has 0 bridgehead atoms. The van der Waals surface area contributed by atoms with Crippen molar-refractivity contribution in [2.45, 2.75) is 13.3 Å². The monoisotopic (exact) mass is 258 g/mol. The Kier molecular flexibility index (Phi) is 3.80. The van der Waals surface area contributed by atoms with Crippen molar-refractivity contribution in [3.63, 3.8) is 0 Å². The molecule has 0 amide bonds. The van der Waals surface area contributed by atoms with Crippen molar-refractivity contribution in [3.8, 4) is 5.75 Å². The number of carbonyl (C=O) groups excluding carboxylic acids is 2. The van der Waals surface area contributed by atoms with Crippen LogP contribution in [0, 0.1) is 6.92 Å². The average Bonchev–Trinajstić information content (AvgIpc) is 2.92. The second-order valence-corrected chi connectivity index (χ2v) is 4.20. The van der Waals surface area contributed by atoms with E-state index >= 15 is 0 Å². The van der Waals surface area contributed by atoms with Crippen LogP contribution in [0.1, 0.15) is 32.9 Å². The number of aryl methyl sites for hydroxylation is 1. The number of hydrogen-bond acceptors (Lipinski definition) is 4. The first kappa shape index (κ1) is 13.1. The third-order valence-electron chi connectivity index (χ3n) is 2.77. The van der Waals surface area contributed by atoms with Gasteiger partial charge in [0.05, 0.1) is 25.4 Å². The van der Waals surface area contributed by atoms with Crippen LogP contribution in [-0.4, -0.2) is 18.7 Å². The lowest BCUT2D eigenvalue weighted by molar-refractivity contribution is 0.0876. The van der Waals surface area contributed by atoms with Gasteiger partial charge in [-0.1, -0.05) is 11.6 Å². The van der Waals surface area contributed by atoms with E-state index in [2.05, 4.69) is 0 Å². The molecule has 0 unspecified atom stereocenters. The van der Waals surface area contributed by atoms with Gasteiger partial charge in [0, 0.05) is 0 Å². The standard InChI is InChI=1S/C15H14O4/c1-10-5-6-14(18-2)11(8-10)12(16)9-13(17)15-4-3-7-19-15/h3-8H,9H2,1-2H3. The van der Waals surface area contributed by atoms with E-state index in [1.54, 1.807) is 24.3 Å². The zero-order chi connectivity index (χ0) is 13.8. The Hall–Kier alpha value is -2.36. The summed E-state index contributed by atoms with van der Waals surface area (Å²) < 4.78 is 10.1. The molecule has 0 aliphatic carbocycles. The van der Waals surface area contributed by atoms with Crippen LogP contribution in [0.25, 0.3) is 0 Å². The van der Waals surface area contributed by atoms with E-state index in [-0.39, 0.29) is 23.7 Å². The topological polar surface area (TPSA) is 56.5 Å². The van der Waals surface area contributed by atoms with Crippen LogP contribution in [0.15, 0.2) is 41.0 Å². The molecule has 0 fully saturated rings. The van der Waals surface area contributed by atoms with Gasteiger partial charge in [-0.25, -0.2) is 0 Å². The van der Waals surface area contributed by atoms with Crippen molar-refractivity contribution < 1.29 is 18.7 Å². The fourth-order valence-corrected chi connectivity index (χ4v) is 1.81. The second-order valence-electron chi connectivity index (χ2n) is 4.20. The summed E-state index contributed by atoms with van der Waals surface area (Å²) in [5.41, 5.74) is 1.36. The zero-order valence-corrected chi connectivity index (χ0v) is 10.8. The molecule has 4 nitrogen and oxygen atoms in total. The molecule has 1 aromatic carbocycles. The Balaban J connectivity index is 2.20. The molecule has 1 aromatic heterocycles. The largest absolute Gasteiger partial charge is 0.496 e. The Morgan fingerprint density at radius 1 is 1.21 bits per heavy atom. The van der Waals surface area contributed by atoms with E-state index in [0.29, 0.717) is 11.3 Å². The lowest BCUT2D eigenvalue weighted by Gasteiger charge is -2.07. The number of furan rings is 1. The Morgan fingerprint density at radius 2 is 2.00 bits per heavy atom. The van der Waals surface area contributed by atoms with E-state index in [0.717, 1.165) is 5.56 Å². The summed E-state index contributed by atoms with van der Waals surface area (Å²) in [4.78, 5) is 24.0. The SMILES string of the molecule is COc1ccc(C)cc1C(=O)CC(=O)c1ccco1. The molecular formula is C15H14O4. The summed E-state index contributed by atoms with van der Waals surface area (Å²) in [6.07, 6.45) is 1.18. The third-order valence-corrected chi connectivity index (χ3v) is 2.77. The van der Waals surface area contributed by atoms with E-state index in [9.17, 15) is 9.59 Å². The molecule has 0 atom stereocenters. The number of rotatable bonds is 5. The number of ether oxygens (including phenoxy) is 1. The molecule has 2 rings (SSSR count). The van der Waals surface area contributed by atoms with Crippen molar-refractivity contribution in [1.82, 2.24) is 0 Å².